The molecule has 0 bridgehead atoms. The van der Waals surface area contributed by atoms with Crippen LogP contribution in [0.2, 0.25) is 0 Å². The summed E-state index contributed by atoms with van der Waals surface area (Å²) in [6.45, 7) is 14.0. The molecule has 2 heterocycles. The molecular formula is C28H44N2O4. The maximum atomic E-state index is 12.9. The summed E-state index contributed by atoms with van der Waals surface area (Å²) in [6, 6.07) is 0.00958. The van der Waals surface area contributed by atoms with Crippen molar-refractivity contribution in [1.82, 2.24) is 10.2 Å². The summed E-state index contributed by atoms with van der Waals surface area (Å²) in [5.41, 5.74) is 1.17. The minimum Gasteiger partial charge on any atom is -0.347 e. The second kappa shape index (κ2) is 7.45. The predicted octanol–water partition coefficient (Wildman–Crippen LogP) is 5.23. The molecule has 0 unspecified atom stereocenters. The van der Waals surface area contributed by atoms with Gasteiger partial charge in [-0.2, -0.15) is 0 Å². The SMILES string of the molecule is CCNC(=O)N1C[C@@]2(CC[C@H]3[C@H]4CC=C5CC6(CC[C@]5(C)[C@@H]4CC[C@@]32C)OCCO6)OC1(C)C. The molecule has 0 aromatic heterocycles. The van der Waals surface area contributed by atoms with Gasteiger partial charge in [0.2, 0.25) is 0 Å². The number of carbonyl (C=O) groups is 1. The van der Waals surface area contributed by atoms with Crippen LogP contribution in [0.1, 0.15) is 86.0 Å². The number of hydrogen-bond acceptors (Lipinski definition) is 4. The predicted molar refractivity (Wildman–Crippen MR) is 130 cm³/mol. The molecule has 4 aliphatic carbocycles. The van der Waals surface area contributed by atoms with Gasteiger partial charge in [0, 0.05) is 24.8 Å². The van der Waals surface area contributed by atoms with E-state index in [9.17, 15) is 4.79 Å². The van der Waals surface area contributed by atoms with Crippen molar-refractivity contribution in [2.24, 2.45) is 28.6 Å². The van der Waals surface area contributed by atoms with Crippen molar-refractivity contribution in [1.29, 1.82) is 0 Å². The molecule has 2 aliphatic heterocycles. The van der Waals surface area contributed by atoms with E-state index in [1.54, 1.807) is 5.57 Å². The molecule has 34 heavy (non-hydrogen) atoms. The van der Waals surface area contributed by atoms with E-state index in [2.05, 4.69) is 39.1 Å². The molecule has 0 radical (unpaired) electrons. The first kappa shape index (κ1) is 23.3. The van der Waals surface area contributed by atoms with Crippen LogP contribution in [0.4, 0.5) is 4.79 Å². The van der Waals surface area contributed by atoms with Gasteiger partial charge in [-0.25, -0.2) is 4.79 Å². The number of nitrogens with zero attached hydrogens (tertiary/aromatic N) is 1. The molecule has 0 aromatic rings. The minimum atomic E-state index is -0.571. The Morgan fingerprint density at radius 2 is 1.79 bits per heavy atom. The lowest BCUT2D eigenvalue weighted by molar-refractivity contribution is -0.193. The van der Waals surface area contributed by atoms with E-state index in [1.165, 1.54) is 32.1 Å². The van der Waals surface area contributed by atoms with Crippen LogP contribution >= 0.6 is 0 Å². The van der Waals surface area contributed by atoms with E-state index >= 15 is 0 Å². The van der Waals surface area contributed by atoms with E-state index in [0.29, 0.717) is 24.9 Å². The van der Waals surface area contributed by atoms with Gasteiger partial charge >= 0.3 is 6.03 Å². The van der Waals surface area contributed by atoms with Crippen LogP contribution in [0.15, 0.2) is 11.6 Å². The van der Waals surface area contributed by atoms with Crippen molar-refractivity contribution >= 4 is 6.03 Å². The van der Waals surface area contributed by atoms with Gasteiger partial charge in [0.05, 0.1) is 25.4 Å². The minimum absolute atomic E-state index is 0.00958. The summed E-state index contributed by atoms with van der Waals surface area (Å²) in [5.74, 6) is 1.75. The van der Waals surface area contributed by atoms with Crippen molar-refractivity contribution in [3.05, 3.63) is 11.6 Å². The van der Waals surface area contributed by atoms with Gasteiger partial charge in [-0.05, 0) is 82.5 Å². The molecule has 190 valence electrons. The van der Waals surface area contributed by atoms with Crippen LogP contribution in [-0.2, 0) is 14.2 Å². The average Bonchev–Trinajstić information content (AvgIpc) is 3.44. The normalized spacial score (nSPS) is 46.2. The molecule has 6 aliphatic rings. The maximum absolute atomic E-state index is 12.9. The van der Waals surface area contributed by atoms with E-state index in [1.807, 2.05) is 11.8 Å². The van der Waals surface area contributed by atoms with Crippen LogP contribution in [0.5, 0.6) is 0 Å². The molecule has 2 saturated heterocycles. The molecule has 1 N–H and O–H groups in total. The summed E-state index contributed by atoms with van der Waals surface area (Å²) in [4.78, 5) is 14.9. The van der Waals surface area contributed by atoms with Crippen molar-refractivity contribution in [3.8, 4) is 0 Å². The van der Waals surface area contributed by atoms with Crippen molar-refractivity contribution < 1.29 is 19.0 Å². The van der Waals surface area contributed by atoms with Crippen molar-refractivity contribution in [2.75, 3.05) is 26.3 Å². The standard InChI is InChI=1S/C28H44N2O4/c1-6-29-23(31)30-18-27(34-24(30,2)3)12-10-22-20-8-7-19-17-28(32-15-16-33-28)14-13-25(19,4)21(20)9-11-26(22,27)5/h7,20-22H,6,8-18H2,1-5H3,(H,29,31)/t20-,21+,22-,25-,26-,27+/m0/s1. The van der Waals surface area contributed by atoms with E-state index in [0.717, 1.165) is 38.4 Å². The molecule has 3 saturated carbocycles. The number of fused-ring (bicyclic) bond motifs is 6. The summed E-state index contributed by atoms with van der Waals surface area (Å²) < 4.78 is 19.2. The highest BCUT2D eigenvalue weighted by molar-refractivity contribution is 5.75. The smallest absolute Gasteiger partial charge is 0.319 e. The second-order valence-electron chi connectivity index (χ2n) is 13.0. The number of rotatable bonds is 1. The number of hydrogen-bond donors (Lipinski definition) is 1. The monoisotopic (exact) mass is 472 g/mol. The fourth-order valence-corrected chi connectivity index (χ4v) is 9.44. The quantitative estimate of drug-likeness (QED) is 0.531. The van der Waals surface area contributed by atoms with Gasteiger partial charge in [-0.15, -0.1) is 0 Å². The molecule has 2 amide bonds. The Balaban J connectivity index is 1.27. The fourth-order valence-electron chi connectivity index (χ4n) is 9.44. The highest BCUT2D eigenvalue weighted by atomic mass is 16.7. The van der Waals surface area contributed by atoms with Crippen LogP contribution in [0.25, 0.3) is 0 Å². The molecule has 6 nitrogen and oxygen atoms in total. The molecule has 5 fully saturated rings. The van der Waals surface area contributed by atoms with Gasteiger partial charge in [-0.1, -0.05) is 25.5 Å². The lowest BCUT2D eigenvalue weighted by Gasteiger charge is -2.59. The molecule has 6 heteroatoms. The van der Waals surface area contributed by atoms with Gasteiger partial charge < -0.3 is 19.5 Å². The Kier molecular flexibility index (Phi) is 5.11. The highest BCUT2D eigenvalue weighted by Gasteiger charge is 2.69. The largest absolute Gasteiger partial charge is 0.347 e. The number of allylic oxidation sites excluding steroid dienone is 1. The summed E-state index contributed by atoms with van der Waals surface area (Å²) in [5, 5.41) is 3.01. The third-order valence-corrected chi connectivity index (χ3v) is 11.3. The second-order valence-corrected chi connectivity index (χ2v) is 13.0. The number of amides is 2. The lowest BCUT2D eigenvalue weighted by atomic mass is 9.46. The van der Waals surface area contributed by atoms with Crippen LogP contribution in [-0.4, -0.2) is 54.3 Å². The fraction of sp³-hybridized carbons (Fsp3) is 0.893. The van der Waals surface area contributed by atoms with Crippen molar-refractivity contribution in [3.63, 3.8) is 0 Å². The first-order chi connectivity index (χ1) is 16.1. The molecule has 2 spiro atoms. The van der Waals surface area contributed by atoms with Gasteiger partial charge in [0.1, 0.15) is 5.72 Å². The van der Waals surface area contributed by atoms with Crippen LogP contribution in [0.3, 0.4) is 0 Å². The average molecular weight is 473 g/mol. The Bertz CT molecular complexity index is 895. The molecule has 6 atom stereocenters. The molecule has 6 rings (SSSR count). The zero-order valence-corrected chi connectivity index (χ0v) is 21.9. The van der Waals surface area contributed by atoms with Gasteiger partial charge in [0.25, 0.3) is 0 Å². The Labute approximate surface area is 205 Å². The zero-order chi connectivity index (χ0) is 24.0. The lowest BCUT2D eigenvalue weighted by Crippen LogP contribution is -2.56. The van der Waals surface area contributed by atoms with E-state index < -0.39 is 5.72 Å². The number of carbonyl (C=O) groups excluding carboxylic acids is 1. The summed E-state index contributed by atoms with van der Waals surface area (Å²) in [6.07, 6.45) is 11.6. The third-order valence-electron chi connectivity index (χ3n) is 11.3. The highest BCUT2D eigenvalue weighted by Crippen LogP contribution is 2.70. The van der Waals surface area contributed by atoms with Gasteiger partial charge in [-0.3, -0.25) is 4.90 Å². The number of nitrogens with one attached hydrogen (secondary N) is 1. The first-order valence-electron chi connectivity index (χ1n) is 13.8. The first-order valence-corrected chi connectivity index (χ1v) is 13.8. The summed E-state index contributed by atoms with van der Waals surface area (Å²) >= 11 is 0. The molecular weight excluding hydrogens is 428 g/mol. The topological polar surface area (TPSA) is 60.0 Å². The van der Waals surface area contributed by atoms with E-state index in [-0.39, 0.29) is 28.2 Å². The zero-order valence-electron chi connectivity index (χ0n) is 21.9. The van der Waals surface area contributed by atoms with Crippen LogP contribution in [0, 0.1) is 28.6 Å². The Hall–Kier alpha value is -1.11. The number of ether oxygens (including phenoxy) is 3. The Morgan fingerprint density at radius 3 is 2.53 bits per heavy atom. The van der Waals surface area contributed by atoms with Crippen LogP contribution < -0.4 is 5.32 Å². The van der Waals surface area contributed by atoms with Crippen molar-refractivity contribution in [2.45, 2.75) is 103 Å². The maximum Gasteiger partial charge on any atom is 0.319 e. The van der Waals surface area contributed by atoms with E-state index in [4.69, 9.17) is 14.2 Å². The van der Waals surface area contributed by atoms with Gasteiger partial charge in [0.15, 0.2) is 5.79 Å². The Morgan fingerprint density at radius 1 is 1.06 bits per heavy atom. The molecule has 0 aromatic carbocycles. The third kappa shape index (κ3) is 3.00. The number of urea groups is 1. The summed E-state index contributed by atoms with van der Waals surface area (Å²) in [7, 11) is 0.